The molecule has 2 fully saturated rings. The Morgan fingerprint density at radius 2 is 0.971 bits per heavy atom. The molecule has 8 heteroatoms. The number of methoxy groups -OCH3 is 2. The van der Waals surface area contributed by atoms with Crippen molar-refractivity contribution in [3.05, 3.63) is 83.9 Å². The number of thioether (sulfide) groups is 2. The highest BCUT2D eigenvalue weighted by Crippen LogP contribution is 2.45. The van der Waals surface area contributed by atoms with Gasteiger partial charge in [-0.25, -0.2) is 0 Å². The van der Waals surface area contributed by atoms with Crippen molar-refractivity contribution in [1.29, 1.82) is 0 Å². The van der Waals surface area contributed by atoms with Crippen molar-refractivity contribution < 1.29 is 19.1 Å². The lowest BCUT2D eigenvalue weighted by Crippen LogP contribution is -2.29. The van der Waals surface area contributed by atoms with E-state index in [1.807, 2.05) is 82.6 Å². The summed E-state index contributed by atoms with van der Waals surface area (Å²) >= 11 is 3.22. The van der Waals surface area contributed by atoms with Gasteiger partial charge in [0.2, 0.25) is 11.8 Å². The van der Waals surface area contributed by atoms with Crippen LogP contribution in [0.3, 0.4) is 0 Å². The Morgan fingerprint density at radius 3 is 1.29 bits per heavy atom. The molecule has 0 spiro atoms. The van der Waals surface area contributed by atoms with Gasteiger partial charge in [0.25, 0.3) is 0 Å². The van der Waals surface area contributed by atoms with Gasteiger partial charge in [-0.15, -0.1) is 23.5 Å². The number of ether oxygens (including phenoxy) is 2. The lowest BCUT2D eigenvalue weighted by Gasteiger charge is -2.27. The van der Waals surface area contributed by atoms with E-state index in [9.17, 15) is 9.59 Å². The molecule has 0 saturated carbocycles. The van der Waals surface area contributed by atoms with Crippen LogP contribution < -0.4 is 19.3 Å². The van der Waals surface area contributed by atoms with Crippen LogP contribution in [-0.2, 0) is 9.59 Å². The van der Waals surface area contributed by atoms with Gasteiger partial charge in [0.05, 0.1) is 25.7 Å². The number of carbonyl (C=O) groups excluding carboxylic acids is 2. The van der Waals surface area contributed by atoms with Gasteiger partial charge in [0.1, 0.15) is 22.2 Å². The maximum atomic E-state index is 12.8. The molecule has 0 bridgehead atoms. The fraction of sp³-hybridized carbons (Fsp3) is 0.231. The monoisotopic (exact) mass is 492 g/mol. The number of amides is 2. The van der Waals surface area contributed by atoms with Crippen LogP contribution in [0.2, 0.25) is 0 Å². The van der Waals surface area contributed by atoms with E-state index in [1.54, 1.807) is 37.7 Å². The third-order valence-corrected chi connectivity index (χ3v) is 8.37. The van der Waals surface area contributed by atoms with Gasteiger partial charge in [-0.3, -0.25) is 19.4 Å². The first-order chi connectivity index (χ1) is 16.6. The Morgan fingerprint density at radius 1 is 0.618 bits per heavy atom. The highest BCUT2D eigenvalue weighted by atomic mass is 32.2. The molecular formula is C26H24N2O4S2. The fourth-order valence-corrected chi connectivity index (χ4v) is 6.57. The second kappa shape index (κ2) is 9.64. The van der Waals surface area contributed by atoms with E-state index in [0.717, 1.165) is 34.0 Å². The van der Waals surface area contributed by atoms with Crippen molar-refractivity contribution in [2.75, 3.05) is 35.5 Å². The number of hydrogen-bond acceptors (Lipinski definition) is 6. The first-order valence-electron chi connectivity index (χ1n) is 10.8. The van der Waals surface area contributed by atoms with Crippen LogP contribution in [0.25, 0.3) is 0 Å². The second-order valence-corrected chi connectivity index (χ2v) is 10.1. The molecule has 2 aliphatic heterocycles. The molecule has 0 N–H and O–H groups in total. The van der Waals surface area contributed by atoms with E-state index in [0.29, 0.717) is 11.5 Å². The van der Waals surface area contributed by atoms with Gasteiger partial charge in [-0.05, 0) is 59.7 Å². The van der Waals surface area contributed by atoms with Gasteiger partial charge < -0.3 is 9.47 Å². The normalized spacial score (nSPS) is 20.2. The summed E-state index contributed by atoms with van der Waals surface area (Å²) in [6.45, 7) is 0. The van der Waals surface area contributed by atoms with E-state index < -0.39 is 0 Å². The van der Waals surface area contributed by atoms with Gasteiger partial charge in [0.15, 0.2) is 0 Å². The average molecular weight is 493 g/mol. The Hall–Kier alpha value is -3.10. The average Bonchev–Trinajstić information content (AvgIpc) is 3.46. The standard InChI is InChI=1S/C26H24N2O4S2/c1-31-21-11-3-17(4-12-21)25-27(23(29)15-33-25)19-7-9-20(10-8-19)28-24(30)16-34-26(28)18-5-13-22(32-2)14-6-18/h3-14,25-26H,15-16H2,1-2H3. The lowest BCUT2D eigenvalue weighted by molar-refractivity contribution is -0.116. The summed E-state index contributed by atoms with van der Waals surface area (Å²) in [5, 5.41) is -0.194. The number of rotatable bonds is 6. The maximum absolute atomic E-state index is 12.8. The molecule has 2 atom stereocenters. The van der Waals surface area contributed by atoms with Crippen LogP contribution in [0.15, 0.2) is 72.8 Å². The Kier molecular flexibility index (Phi) is 6.43. The highest BCUT2D eigenvalue weighted by molar-refractivity contribution is 8.01. The fourth-order valence-electron chi connectivity index (χ4n) is 4.21. The van der Waals surface area contributed by atoms with Crippen LogP contribution in [0.5, 0.6) is 11.5 Å². The first-order valence-corrected chi connectivity index (χ1v) is 12.9. The molecule has 0 aromatic heterocycles. The van der Waals surface area contributed by atoms with E-state index >= 15 is 0 Å². The van der Waals surface area contributed by atoms with Crippen molar-refractivity contribution in [1.82, 2.24) is 0 Å². The Balaban J connectivity index is 1.40. The molecule has 2 unspecified atom stereocenters. The molecule has 2 saturated heterocycles. The second-order valence-electron chi connectivity index (χ2n) is 7.92. The van der Waals surface area contributed by atoms with Crippen LogP contribution in [0, 0.1) is 0 Å². The van der Waals surface area contributed by atoms with E-state index in [1.165, 1.54) is 0 Å². The molecule has 174 valence electrons. The third-order valence-electron chi connectivity index (χ3n) is 5.94. The van der Waals surface area contributed by atoms with E-state index in [-0.39, 0.29) is 22.6 Å². The van der Waals surface area contributed by atoms with Crippen molar-refractivity contribution in [2.45, 2.75) is 10.7 Å². The number of benzene rings is 3. The molecule has 3 aromatic carbocycles. The summed E-state index contributed by atoms with van der Waals surface area (Å²) < 4.78 is 10.5. The van der Waals surface area contributed by atoms with Crippen molar-refractivity contribution in [3.8, 4) is 11.5 Å². The maximum Gasteiger partial charge on any atom is 0.238 e. The molecule has 5 rings (SSSR count). The molecule has 0 radical (unpaired) electrons. The van der Waals surface area contributed by atoms with Crippen molar-refractivity contribution >= 4 is 46.7 Å². The summed E-state index contributed by atoms with van der Waals surface area (Å²) in [7, 11) is 3.28. The van der Waals surface area contributed by atoms with Gasteiger partial charge in [-0.2, -0.15) is 0 Å². The SMILES string of the molecule is COc1ccc(C2SCC(=O)N2c2ccc(N3C(=O)CSC3c3ccc(OC)cc3)cc2)cc1. The van der Waals surface area contributed by atoms with Crippen LogP contribution in [0.1, 0.15) is 21.9 Å². The van der Waals surface area contributed by atoms with Crippen LogP contribution >= 0.6 is 23.5 Å². The van der Waals surface area contributed by atoms with Crippen LogP contribution in [-0.4, -0.2) is 37.5 Å². The minimum absolute atomic E-state index is 0.0717. The summed E-state index contributed by atoms with van der Waals surface area (Å²) in [6, 6.07) is 23.3. The highest BCUT2D eigenvalue weighted by Gasteiger charge is 2.36. The smallest absolute Gasteiger partial charge is 0.238 e. The topological polar surface area (TPSA) is 59.1 Å². The minimum atomic E-state index is -0.0970. The third kappa shape index (κ3) is 4.23. The number of nitrogens with zero attached hydrogens (tertiary/aromatic N) is 2. The zero-order valence-electron chi connectivity index (χ0n) is 18.8. The van der Waals surface area contributed by atoms with Crippen LogP contribution in [0.4, 0.5) is 11.4 Å². The quantitative estimate of drug-likeness (QED) is 0.468. The van der Waals surface area contributed by atoms with Gasteiger partial charge in [0, 0.05) is 11.4 Å². The summed E-state index contributed by atoms with van der Waals surface area (Å²) in [4.78, 5) is 29.2. The van der Waals surface area contributed by atoms with Crippen molar-refractivity contribution in [2.24, 2.45) is 0 Å². The minimum Gasteiger partial charge on any atom is -0.497 e. The molecule has 6 nitrogen and oxygen atoms in total. The number of hydrogen-bond donors (Lipinski definition) is 0. The molecular weight excluding hydrogens is 468 g/mol. The predicted octanol–water partition coefficient (Wildman–Crippen LogP) is 5.26. The number of anilines is 2. The summed E-state index contributed by atoms with van der Waals surface area (Å²) in [5.41, 5.74) is 3.73. The van der Waals surface area contributed by atoms with E-state index in [4.69, 9.17) is 9.47 Å². The summed E-state index contributed by atoms with van der Waals surface area (Å²) in [6.07, 6.45) is 0. The Bertz CT molecular complexity index is 1090. The summed E-state index contributed by atoms with van der Waals surface area (Å²) in [5.74, 6) is 2.57. The molecule has 2 heterocycles. The number of carbonyl (C=O) groups is 2. The zero-order chi connectivity index (χ0) is 23.7. The van der Waals surface area contributed by atoms with Crippen molar-refractivity contribution in [3.63, 3.8) is 0 Å². The largest absolute Gasteiger partial charge is 0.497 e. The molecule has 3 aromatic rings. The predicted molar refractivity (Wildman–Crippen MR) is 138 cm³/mol. The molecule has 2 aliphatic rings. The first kappa shape index (κ1) is 22.7. The molecule has 0 aliphatic carbocycles. The van der Waals surface area contributed by atoms with Gasteiger partial charge >= 0.3 is 0 Å². The lowest BCUT2D eigenvalue weighted by atomic mass is 10.1. The Labute approximate surface area is 207 Å². The van der Waals surface area contributed by atoms with Gasteiger partial charge in [-0.1, -0.05) is 24.3 Å². The molecule has 2 amide bonds. The zero-order valence-corrected chi connectivity index (χ0v) is 20.5. The van der Waals surface area contributed by atoms with E-state index in [2.05, 4.69) is 0 Å². The molecule has 34 heavy (non-hydrogen) atoms.